The molecule has 0 N–H and O–H groups in total. The molecule has 0 saturated carbocycles. The number of hydrogen-bond donors (Lipinski definition) is 0. The van der Waals surface area contributed by atoms with Crippen molar-refractivity contribution in [1.29, 1.82) is 0 Å². The highest BCUT2D eigenvalue weighted by Gasteiger charge is 2.26. The maximum atomic E-state index is 13.6. The number of methoxy groups -OCH3 is 1. The molecule has 0 unspecified atom stereocenters. The summed E-state index contributed by atoms with van der Waals surface area (Å²) in [5.41, 5.74) is 1.02. The van der Waals surface area contributed by atoms with Crippen molar-refractivity contribution in [2.75, 3.05) is 18.6 Å². The summed E-state index contributed by atoms with van der Waals surface area (Å²) in [5, 5.41) is 12.3. The number of amides is 1. The number of halogens is 1. The van der Waals surface area contributed by atoms with E-state index in [1.165, 1.54) is 23.5 Å². The number of nitrogens with zero attached hydrogens (tertiary/aromatic N) is 5. The van der Waals surface area contributed by atoms with E-state index in [1.54, 1.807) is 49.7 Å². The van der Waals surface area contributed by atoms with Crippen molar-refractivity contribution in [2.24, 2.45) is 0 Å². The second-order valence-corrected chi connectivity index (χ2v) is 8.63. The summed E-state index contributed by atoms with van der Waals surface area (Å²) in [6, 6.07) is 7.94. The van der Waals surface area contributed by atoms with Crippen LogP contribution in [-0.2, 0) is 6.54 Å². The first-order valence-corrected chi connectivity index (χ1v) is 11.2. The Bertz CT molecular complexity index is 1320. The SMILES string of the molecule is COc1ccc(Cl)c2sc(N(CCCn3ccnc3)C(=O)c3cccc([N+](=O)[O-])c3C)nc12. The van der Waals surface area contributed by atoms with Crippen molar-refractivity contribution in [3.8, 4) is 5.75 Å². The van der Waals surface area contributed by atoms with Crippen molar-refractivity contribution in [1.82, 2.24) is 14.5 Å². The van der Waals surface area contributed by atoms with Crippen LogP contribution in [0.15, 0.2) is 49.1 Å². The largest absolute Gasteiger partial charge is 0.494 e. The van der Waals surface area contributed by atoms with Gasteiger partial charge in [-0.15, -0.1) is 0 Å². The van der Waals surface area contributed by atoms with Gasteiger partial charge in [0.1, 0.15) is 11.3 Å². The van der Waals surface area contributed by atoms with E-state index in [1.807, 2.05) is 10.8 Å². The number of ether oxygens (including phenoxy) is 1. The van der Waals surface area contributed by atoms with Crippen molar-refractivity contribution >= 4 is 49.9 Å². The van der Waals surface area contributed by atoms with Gasteiger partial charge in [0.15, 0.2) is 5.13 Å². The molecule has 0 radical (unpaired) electrons. The third kappa shape index (κ3) is 4.53. The number of carbonyl (C=O) groups is 1. The molecule has 0 saturated heterocycles. The molecule has 4 rings (SSSR count). The zero-order valence-electron chi connectivity index (χ0n) is 17.9. The van der Waals surface area contributed by atoms with E-state index in [0.29, 0.717) is 51.2 Å². The van der Waals surface area contributed by atoms with Gasteiger partial charge in [-0.25, -0.2) is 9.97 Å². The van der Waals surface area contributed by atoms with Crippen LogP contribution in [0.4, 0.5) is 10.8 Å². The van der Waals surface area contributed by atoms with Crippen LogP contribution in [0.1, 0.15) is 22.3 Å². The number of aryl methyl sites for hydroxylation is 1. The van der Waals surface area contributed by atoms with Crippen molar-refractivity contribution in [3.63, 3.8) is 0 Å². The predicted molar refractivity (Wildman–Crippen MR) is 128 cm³/mol. The number of nitro groups is 1. The number of anilines is 1. The van der Waals surface area contributed by atoms with Crippen LogP contribution in [0, 0.1) is 17.0 Å². The van der Waals surface area contributed by atoms with E-state index in [0.717, 1.165) is 0 Å². The summed E-state index contributed by atoms with van der Waals surface area (Å²) in [4.78, 5) is 34.8. The predicted octanol–water partition coefficient (Wildman–Crippen LogP) is 5.11. The number of thiazole rings is 1. The maximum Gasteiger partial charge on any atom is 0.273 e. The lowest BCUT2D eigenvalue weighted by atomic mass is 10.1. The quantitative estimate of drug-likeness (QED) is 0.254. The van der Waals surface area contributed by atoms with Gasteiger partial charge in [0, 0.05) is 42.7 Å². The summed E-state index contributed by atoms with van der Waals surface area (Å²) in [5.74, 6) is 0.185. The topological polar surface area (TPSA) is 103 Å². The Kier molecular flexibility index (Phi) is 6.57. The lowest BCUT2D eigenvalue weighted by molar-refractivity contribution is -0.385. The van der Waals surface area contributed by atoms with Crippen LogP contribution in [0.25, 0.3) is 10.2 Å². The van der Waals surface area contributed by atoms with Crippen LogP contribution >= 0.6 is 22.9 Å². The van der Waals surface area contributed by atoms with Crippen LogP contribution in [0.5, 0.6) is 5.75 Å². The number of imidazole rings is 1. The Balaban J connectivity index is 1.74. The molecule has 11 heteroatoms. The molecule has 0 fully saturated rings. The van der Waals surface area contributed by atoms with Gasteiger partial charge in [0.2, 0.25) is 0 Å². The minimum absolute atomic E-state index is 0.103. The first kappa shape index (κ1) is 22.7. The lowest BCUT2D eigenvalue weighted by Gasteiger charge is -2.21. The monoisotopic (exact) mass is 485 g/mol. The third-order valence-electron chi connectivity index (χ3n) is 5.23. The Labute approximate surface area is 198 Å². The van der Waals surface area contributed by atoms with Gasteiger partial charge >= 0.3 is 0 Å². The summed E-state index contributed by atoms with van der Waals surface area (Å²) in [7, 11) is 1.54. The molecule has 33 heavy (non-hydrogen) atoms. The highest BCUT2D eigenvalue weighted by atomic mass is 35.5. The zero-order valence-corrected chi connectivity index (χ0v) is 19.5. The Morgan fingerprint density at radius 3 is 2.85 bits per heavy atom. The van der Waals surface area contributed by atoms with E-state index < -0.39 is 4.92 Å². The van der Waals surface area contributed by atoms with Gasteiger partial charge < -0.3 is 9.30 Å². The van der Waals surface area contributed by atoms with Gasteiger partial charge in [-0.05, 0) is 31.5 Å². The number of hydrogen-bond acceptors (Lipinski definition) is 7. The van der Waals surface area contributed by atoms with Crippen LogP contribution in [-0.4, -0.2) is 39.0 Å². The van der Waals surface area contributed by atoms with Crippen molar-refractivity contribution in [2.45, 2.75) is 19.9 Å². The molecule has 2 heterocycles. The summed E-state index contributed by atoms with van der Waals surface area (Å²) in [6.45, 7) is 2.57. The van der Waals surface area contributed by atoms with E-state index >= 15 is 0 Å². The van der Waals surface area contributed by atoms with E-state index in [-0.39, 0.29) is 17.2 Å². The van der Waals surface area contributed by atoms with Crippen LogP contribution < -0.4 is 9.64 Å². The summed E-state index contributed by atoms with van der Waals surface area (Å²) >= 11 is 7.66. The number of carbonyl (C=O) groups excluding carboxylic acids is 1. The second-order valence-electron chi connectivity index (χ2n) is 7.24. The molecule has 2 aromatic heterocycles. The molecule has 9 nitrogen and oxygen atoms in total. The average Bonchev–Trinajstić information content (AvgIpc) is 3.47. The molecule has 1 amide bonds. The maximum absolute atomic E-state index is 13.6. The summed E-state index contributed by atoms with van der Waals surface area (Å²) < 4.78 is 8.03. The fraction of sp³-hybridized carbons (Fsp3) is 0.227. The van der Waals surface area contributed by atoms with Gasteiger partial charge in [-0.3, -0.25) is 19.8 Å². The molecule has 0 spiro atoms. The molecule has 0 aliphatic rings. The van der Waals surface area contributed by atoms with Gasteiger partial charge in [0.05, 0.1) is 28.1 Å². The minimum atomic E-state index is -0.488. The van der Waals surface area contributed by atoms with Gasteiger partial charge in [0.25, 0.3) is 11.6 Å². The molecular formula is C22H20ClN5O4S. The van der Waals surface area contributed by atoms with E-state index in [4.69, 9.17) is 16.3 Å². The lowest BCUT2D eigenvalue weighted by Crippen LogP contribution is -2.33. The highest BCUT2D eigenvalue weighted by Crippen LogP contribution is 2.39. The highest BCUT2D eigenvalue weighted by molar-refractivity contribution is 7.23. The van der Waals surface area contributed by atoms with Crippen LogP contribution in [0.2, 0.25) is 5.02 Å². The summed E-state index contributed by atoms with van der Waals surface area (Å²) in [6.07, 6.45) is 5.87. The molecule has 4 aromatic rings. The number of aromatic nitrogens is 3. The number of benzene rings is 2. The first-order chi connectivity index (χ1) is 15.9. The smallest absolute Gasteiger partial charge is 0.273 e. The normalized spacial score (nSPS) is 11.0. The number of rotatable bonds is 8. The second kappa shape index (κ2) is 9.55. The van der Waals surface area contributed by atoms with E-state index in [2.05, 4.69) is 9.97 Å². The standard InChI is InChI=1S/C22H20ClN5O4S/c1-14-15(5-3-6-17(14)28(30)31)21(29)27(11-4-10-26-12-9-24-13-26)22-25-19-18(32-2)8-7-16(23)20(19)33-22/h3,5-9,12-13H,4,10-11H2,1-2H3. The van der Waals surface area contributed by atoms with Crippen molar-refractivity contribution < 1.29 is 14.5 Å². The molecule has 0 aliphatic carbocycles. The molecular weight excluding hydrogens is 466 g/mol. The van der Waals surface area contributed by atoms with Gasteiger partial charge in [-0.2, -0.15) is 0 Å². The third-order valence-corrected chi connectivity index (χ3v) is 6.77. The zero-order chi connectivity index (χ0) is 23.5. The Hall–Kier alpha value is -3.50. The van der Waals surface area contributed by atoms with Crippen molar-refractivity contribution in [3.05, 3.63) is 75.3 Å². The number of fused-ring (bicyclic) bond motifs is 1. The van der Waals surface area contributed by atoms with Gasteiger partial charge in [-0.1, -0.05) is 29.0 Å². The van der Waals surface area contributed by atoms with E-state index in [9.17, 15) is 14.9 Å². The average molecular weight is 486 g/mol. The fourth-order valence-electron chi connectivity index (χ4n) is 3.53. The Morgan fingerprint density at radius 2 is 2.15 bits per heavy atom. The number of nitro benzene ring substituents is 1. The molecule has 170 valence electrons. The molecule has 0 bridgehead atoms. The van der Waals surface area contributed by atoms with Crippen LogP contribution in [0.3, 0.4) is 0 Å². The molecule has 0 atom stereocenters. The minimum Gasteiger partial charge on any atom is -0.494 e. The molecule has 2 aromatic carbocycles. The fourth-order valence-corrected chi connectivity index (χ4v) is 4.81. The molecule has 0 aliphatic heterocycles. The first-order valence-electron chi connectivity index (χ1n) is 10.1. The Morgan fingerprint density at radius 1 is 1.33 bits per heavy atom.